The van der Waals surface area contributed by atoms with Gasteiger partial charge in [-0.3, -0.25) is 9.59 Å². The summed E-state index contributed by atoms with van der Waals surface area (Å²) in [5.74, 6) is 0.998. The molecule has 132 valence electrons. The molecule has 1 N–H and O–H groups in total. The van der Waals surface area contributed by atoms with E-state index in [1.165, 1.54) is 6.92 Å². The molecule has 0 saturated carbocycles. The molecule has 6 heteroatoms. The van der Waals surface area contributed by atoms with E-state index in [9.17, 15) is 9.59 Å². The van der Waals surface area contributed by atoms with Crippen molar-refractivity contribution in [3.63, 3.8) is 0 Å². The Morgan fingerprint density at radius 3 is 2.81 bits per heavy atom. The number of hydrogen-bond donors (Lipinski definition) is 1. The Kier molecular flexibility index (Phi) is 4.08. The second kappa shape index (κ2) is 6.55. The SMILES string of the molecule is CC(=O)N1C=Cc2ccccc2[C@H]1CC(=O)Nc1ccc2c(c1)OCO2. The second-order valence-electron chi connectivity index (χ2n) is 6.21. The van der Waals surface area contributed by atoms with E-state index in [1.807, 2.05) is 30.3 Å². The molecule has 2 aromatic rings. The Morgan fingerprint density at radius 2 is 1.96 bits per heavy atom. The minimum atomic E-state index is -0.331. The number of rotatable bonds is 3. The van der Waals surface area contributed by atoms with Crippen LogP contribution < -0.4 is 14.8 Å². The first-order valence-electron chi connectivity index (χ1n) is 8.37. The van der Waals surface area contributed by atoms with E-state index < -0.39 is 0 Å². The number of hydrogen-bond acceptors (Lipinski definition) is 4. The number of carbonyl (C=O) groups is 2. The number of benzene rings is 2. The number of carbonyl (C=O) groups excluding carboxylic acids is 2. The molecule has 26 heavy (non-hydrogen) atoms. The standard InChI is InChI=1S/C20H18N2O4/c1-13(23)22-9-8-14-4-2-3-5-16(14)17(22)11-20(24)21-15-6-7-18-19(10-15)26-12-25-18/h2-10,17H,11-12H2,1H3,(H,21,24)/t17-/m1/s1. The van der Waals surface area contributed by atoms with Gasteiger partial charge in [0.05, 0.1) is 12.5 Å². The van der Waals surface area contributed by atoms with Crippen LogP contribution in [0, 0.1) is 0 Å². The van der Waals surface area contributed by atoms with Gasteiger partial charge in [-0.05, 0) is 29.3 Å². The monoisotopic (exact) mass is 350 g/mol. The Hall–Kier alpha value is -3.28. The molecule has 2 amide bonds. The van der Waals surface area contributed by atoms with E-state index in [2.05, 4.69) is 5.32 Å². The summed E-state index contributed by atoms with van der Waals surface area (Å²) in [5, 5.41) is 2.87. The van der Waals surface area contributed by atoms with Crippen LogP contribution in [0.4, 0.5) is 5.69 Å². The van der Waals surface area contributed by atoms with Crippen molar-refractivity contribution in [2.75, 3.05) is 12.1 Å². The Bertz CT molecular complexity index is 906. The first-order valence-corrected chi connectivity index (χ1v) is 8.37. The van der Waals surface area contributed by atoms with E-state index in [0.29, 0.717) is 17.2 Å². The van der Waals surface area contributed by atoms with Gasteiger partial charge in [-0.1, -0.05) is 24.3 Å². The molecule has 2 heterocycles. The molecule has 0 spiro atoms. The second-order valence-corrected chi connectivity index (χ2v) is 6.21. The van der Waals surface area contributed by atoms with E-state index in [-0.39, 0.29) is 31.1 Å². The van der Waals surface area contributed by atoms with Crippen molar-refractivity contribution in [3.8, 4) is 11.5 Å². The van der Waals surface area contributed by atoms with Gasteiger partial charge in [0, 0.05) is 24.9 Å². The van der Waals surface area contributed by atoms with Crippen LogP contribution in [0.1, 0.15) is 30.5 Å². The predicted octanol–water partition coefficient (Wildman–Crippen LogP) is 3.32. The van der Waals surface area contributed by atoms with Crippen LogP contribution in [0.3, 0.4) is 0 Å². The third kappa shape index (κ3) is 3.01. The van der Waals surface area contributed by atoms with Crippen molar-refractivity contribution in [2.45, 2.75) is 19.4 Å². The van der Waals surface area contributed by atoms with Gasteiger partial charge < -0.3 is 19.7 Å². The molecule has 2 aliphatic heterocycles. The highest BCUT2D eigenvalue weighted by atomic mass is 16.7. The van der Waals surface area contributed by atoms with Gasteiger partial charge in [-0.2, -0.15) is 0 Å². The van der Waals surface area contributed by atoms with Gasteiger partial charge >= 0.3 is 0 Å². The van der Waals surface area contributed by atoms with Crippen LogP contribution in [0.2, 0.25) is 0 Å². The molecular formula is C20H18N2O4. The van der Waals surface area contributed by atoms with Crippen molar-refractivity contribution >= 4 is 23.6 Å². The highest BCUT2D eigenvalue weighted by molar-refractivity contribution is 5.92. The van der Waals surface area contributed by atoms with Gasteiger partial charge in [0.25, 0.3) is 0 Å². The molecule has 4 rings (SSSR count). The molecule has 6 nitrogen and oxygen atoms in total. The van der Waals surface area contributed by atoms with Crippen LogP contribution in [0.5, 0.6) is 11.5 Å². The van der Waals surface area contributed by atoms with Crippen molar-refractivity contribution in [1.29, 1.82) is 0 Å². The zero-order valence-corrected chi connectivity index (χ0v) is 14.3. The van der Waals surface area contributed by atoms with Gasteiger partial charge in [0.2, 0.25) is 18.6 Å². The van der Waals surface area contributed by atoms with Crippen molar-refractivity contribution in [2.24, 2.45) is 0 Å². The number of amides is 2. The van der Waals surface area contributed by atoms with E-state index in [1.54, 1.807) is 29.3 Å². The molecule has 0 radical (unpaired) electrons. The molecule has 2 aliphatic rings. The maximum atomic E-state index is 12.6. The number of nitrogens with zero attached hydrogens (tertiary/aromatic N) is 1. The normalized spacial score (nSPS) is 17.0. The van der Waals surface area contributed by atoms with Crippen molar-refractivity contribution in [3.05, 3.63) is 59.8 Å². The average molecular weight is 350 g/mol. The average Bonchev–Trinajstić information content (AvgIpc) is 3.09. The summed E-state index contributed by atoms with van der Waals surface area (Å²) in [4.78, 5) is 26.2. The molecule has 0 fully saturated rings. The molecule has 0 unspecified atom stereocenters. The quantitative estimate of drug-likeness (QED) is 0.922. The van der Waals surface area contributed by atoms with E-state index >= 15 is 0 Å². The molecule has 0 bridgehead atoms. The van der Waals surface area contributed by atoms with Crippen LogP contribution >= 0.6 is 0 Å². The minimum absolute atomic E-state index is 0.100. The predicted molar refractivity (Wildman–Crippen MR) is 96.5 cm³/mol. The van der Waals surface area contributed by atoms with Crippen LogP contribution in [0.25, 0.3) is 6.08 Å². The molecule has 0 saturated heterocycles. The topological polar surface area (TPSA) is 67.9 Å². The summed E-state index contributed by atoms with van der Waals surface area (Å²) in [6.07, 6.45) is 3.79. The molecule has 1 atom stereocenters. The number of nitrogens with one attached hydrogen (secondary N) is 1. The molecule has 2 aromatic carbocycles. The summed E-state index contributed by atoms with van der Waals surface area (Å²) in [6.45, 7) is 1.69. The molecular weight excluding hydrogens is 332 g/mol. The molecule has 0 aliphatic carbocycles. The smallest absolute Gasteiger partial charge is 0.231 e. The fourth-order valence-electron chi connectivity index (χ4n) is 3.28. The van der Waals surface area contributed by atoms with Crippen LogP contribution in [0.15, 0.2) is 48.7 Å². The highest BCUT2D eigenvalue weighted by Gasteiger charge is 2.28. The summed E-state index contributed by atoms with van der Waals surface area (Å²) >= 11 is 0. The summed E-state index contributed by atoms with van der Waals surface area (Å²) in [5.41, 5.74) is 2.62. The van der Waals surface area contributed by atoms with E-state index in [4.69, 9.17) is 9.47 Å². The number of anilines is 1. The van der Waals surface area contributed by atoms with Gasteiger partial charge in [0.15, 0.2) is 11.5 Å². The maximum Gasteiger partial charge on any atom is 0.231 e. The first-order chi connectivity index (χ1) is 12.6. The van der Waals surface area contributed by atoms with Crippen LogP contribution in [-0.2, 0) is 9.59 Å². The third-order valence-electron chi connectivity index (χ3n) is 4.50. The van der Waals surface area contributed by atoms with Gasteiger partial charge in [0.1, 0.15) is 0 Å². The lowest BCUT2D eigenvalue weighted by atomic mass is 9.93. The van der Waals surface area contributed by atoms with Gasteiger partial charge in [-0.15, -0.1) is 0 Å². The van der Waals surface area contributed by atoms with Crippen molar-refractivity contribution in [1.82, 2.24) is 4.90 Å². The van der Waals surface area contributed by atoms with Crippen molar-refractivity contribution < 1.29 is 19.1 Å². The van der Waals surface area contributed by atoms with Crippen LogP contribution in [-0.4, -0.2) is 23.5 Å². The zero-order valence-electron chi connectivity index (χ0n) is 14.3. The third-order valence-corrected chi connectivity index (χ3v) is 4.50. The fourth-order valence-corrected chi connectivity index (χ4v) is 3.28. The lowest BCUT2D eigenvalue weighted by Gasteiger charge is -2.32. The summed E-state index contributed by atoms with van der Waals surface area (Å²) in [7, 11) is 0. The minimum Gasteiger partial charge on any atom is -0.454 e. The first kappa shape index (κ1) is 16.2. The number of fused-ring (bicyclic) bond motifs is 2. The largest absolute Gasteiger partial charge is 0.454 e. The zero-order chi connectivity index (χ0) is 18.1. The molecule has 0 aromatic heterocycles. The fraction of sp³-hybridized carbons (Fsp3) is 0.200. The lowest BCUT2D eigenvalue weighted by molar-refractivity contribution is -0.129. The summed E-state index contributed by atoms with van der Waals surface area (Å²) in [6, 6.07) is 12.7. The lowest BCUT2D eigenvalue weighted by Crippen LogP contribution is -2.33. The van der Waals surface area contributed by atoms with Gasteiger partial charge in [-0.25, -0.2) is 0 Å². The summed E-state index contributed by atoms with van der Waals surface area (Å²) < 4.78 is 10.6. The van der Waals surface area contributed by atoms with E-state index in [0.717, 1.165) is 11.1 Å². The maximum absolute atomic E-state index is 12.6. The Balaban J connectivity index is 1.53. The Labute approximate surface area is 151 Å². The number of ether oxygens (including phenoxy) is 2. The Morgan fingerprint density at radius 1 is 1.15 bits per heavy atom. The highest BCUT2D eigenvalue weighted by Crippen LogP contribution is 2.35.